The summed E-state index contributed by atoms with van der Waals surface area (Å²) in [5.41, 5.74) is 3.38. The number of hydrazone groups is 1. The molecule has 12 heteroatoms. The van der Waals surface area contributed by atoms with E-state index in [1.807, 2.05) is 0 Å². The first kappa shape index (κ1) is 28.6. The minimum absolute atomic E-state index is 0.0161. The predicted molar refractivity (Wildman–Crippen MR) is 149 cm³/mol. The van der Waals surface area contributed by atoms with Crippen LogP contribution in [0.3, 0.4) is 0 Å². The molecule has 2 amide bonds. The first-order valence-electron chi connectivity index (χ1n) is 12.5. The fourth-order valence-electron chi connectivity index (χ4n) is 3.83. The molecule has 40 heavy (non-hydrogen) atoms. The number of amides is 2. The van der Waals surface area contributed by atoms with Gasteiger partial charge in [0.25, 0.3) is 21.8 Å². The SMILES string of the molecule is COc1ccc(S(=O)(=O)N(CC(=O)N/N=C\c2ccc(OCC(=O)N3CCOCC3)cc2)c2ccccc2)cc1. The van der Waals surface area contributed by atoms with Gasteiger partial charge in [0.2, 0.25) is 0 Å². The average molecular weight is 567 g/mol. The van der Waals surface area contributed by atoms with E-state index in [0.29, 0.717) is 49.1 Å². The van der Waals surface area contributed by atoms with Gasteiger partial charge in [-0.15, -0.1) is 0 Å². The molecular formula is C28H30N4O7S. The summed E-state index contributed by atoms with van der Waals surface area (Å²) in [6, 6.07) is 21.1. The normalized spacial score (nSPS) is 13.6. The van der Waals surface area contributed by atoms with Crippen molar-refractivity contribution >= 4 is 33.7 Å². The molecule has 0 atom stereocenters. The maximum atomic E-state index is 13.4. The monoisotopic (exact) mass is 566 g/mol. The third-order valence-corrected chi connectivity index (χ3v) is 7.78. The number of carbonyl (C=O) groups excluding carboxylic acids is 2. The minimum Gasteiger partial charge on any atom is -0.497 e. The van der Waals surface area contributed by atoms with Crippen LogP contribution in [-0.2, 0) is 24.3 Å². The maximum Gasteiger partial charge on any atom is 0.264 e. The van der Waals surface area contributed by atoms with Gasteiger partial charge >= 0.3 is 0 Å². The van der Waals surface area contributed by atoms with Crippen molar-refractivity contribution in [3.63, 3.8) is 0 Å². The van der Waals surface area contributed by atoms with Gasteiger partial charge in [0.15, 0.2) is 6.61 Å². The summed E-state index contributed by atoms with van der Waals surface area (Å²) in [5, 5.41) is 3.95. The van der Waals surface area contributed by atoms with Crippen LogP contribution in [-0.4, -0.2) is 77.9 Å². The quantitative estimate of drug-likeness (QED) is 0.279. The molecule has 11 nitrogen and oxygen atoms in total. The van der Waals surface area contributed by atoms with Gasteiger partial charge in [-0.2, -0.15) is 5.10 Å². The second-order valence-corrected chi connectivity index (χ2v) is 10.5. The van der Waals surface area contributed by atoms with E-state index in [0.717, 1.165) is 4.31 Å². The van der Waals surface area contributed by atoms with Crippen molar-refractivity contribution in [3.05, 3.63) is 84.4 Å². The molecule has 3 aromatic carbocycles. The van der Waals surface area contributed by atoms with Gasteiger partial charge in [0.1, 0.15) is 18.0 Å². The number of morpholine rings is 1. The van der Waals surface area contributed by atoms with Gasteiger partial charge in [-0.3, -0.25) is 13.9 Å². The van der Waals surface area contributed by atoms with Gasteiger partial charge in [0, 0.05) is 13.1 Å². The van der Waals surface area contributed by atoms with Crippen LogP contribution < -0.4 is 19.2 Å². The summed E-state index contributed by atoms with van der Waals surface area (Å²) in [4.78, 5) is 26.7. The summed E-state index contributed by atoms with van der Waals surface area (Å²) in [5.74, 6) is 0.303. The van der Waals surface area contributed by atoms with Crippen LogP contribution in [0.4, 0.5) is 5.69 Å². The molecule has 3 aromatic rings. The average Bonchev–Trinajstić information content (AvgIpc) is 3.00. The van der Waals surface area contributed by atoms with Gasteiger partial charge in [-0.25, -0.2) is 13.8 Å². The van der Waals surface area contributed by atoms with E-state index in [-0.39, 0.29) is 17.4 Å². The number of nitrogens with zero attached hydrogens (tertiary/aromatic N) is 3. The van der Waals surface area contributed by atoms with Gasteiger partial charge in [-0.1, -0.05) is 18.2 Å². The zero-order chi connectivity index (χ0) is 28.4. The number of sulfonamides is 1. The molecule has 0 aromatic heterocycles. The molecule has 1 heterocycles. The van der Waals surface area contributed by atoms with Crippen molar-refractivity contribution in [2.24, 2.45) is 5.10 Å². The molecule has 0 unspecified atom stereocenters. The second-order valence-electron chi connectivity index (χ2n) is 8.67. The number of methoxy groups -OCH3 is 1. The number of benzene rings is 3. The summed E-state index contributed by atoms with van der Waals surface area (Å²) in [6.45, 7) is 1.61. The minimum atomic E-state index is -4.06. The summed E-state index contributed by atoms with van der Waals surface area (Å²) >= 11 is 0. The Morgan fingerprint density at radius 2 is 1.62 bits per heavy atom. The lowest BCUT2D eigenvalue weighted by Crippen LogP contribution is -2.42. The number of hydrogen-bond acceptors (Lipinski definition) is 8. The van der Waals surface area contributed by atoms with Gasteiger partial charge in [0.05, 0.1) is 37.1 Å². The van der Waals surface area contributed by atoms with E-state index in [4.69, 9.17) is 14.2 Å². The molecule has 0 bridgehead atoms. The van der Waals surface area contributed by atoms with Crippen LogP contribution in [0.15, 0.2) is 88.9 Å². The molecule has 210 valence electrons. The van der Waals surface area contributed by atoms with Crippen LogP contribution in [0, 0.1) is 0 Å². The Morgan fingerprint density at radius 3 is 2.27 bits per heavy atom. The van der Waals surface area contributed by atoms with E-state index in [1.165, 1.54) is 25.5 Å². The Hall–Kier alpha value is -4.42. The molecule has 1 N–H and O–H groups in total. The smallest absolute Gasteiger partial charge is 0.264 e. The van der Waals surface area contributed by atoms with Crippen LogP contribution >= 0.6 is 0 Å². The standard InChI is InChI=1S/C28H30N4O7S/c1-37-24-11-13-26(14-12-24)40(35,36)32(23-5-3-2-4-6-23)20-27(33)30-29-19-22-7-9-25(10-8-22)39-21-28(34)31-15-17-38-18-16-31/h2-14,19H,15-18,20-21H2,1H3,(H,30,33)/b29-19-. The molecule has 0 spiro atoms. The van der Waals surface area contributed by atoms with E-state index in [1.54, 1.807) is 71.6 Å². The first-order chi connectivity index (χ1) is 19.4. The van der Waals surface area contributed by atoms with E-state index < -0.39 is 22.5 Å². The number of nitrogens with one attached hydrogen (secondary N) is 1. The lowest BCUT2D eigenvalue weighted by atomic mass is 10.2. The van der Waals surface area contributed by atoms with E-state index in [2.05, 4.69) is 10.5 Å². The maximum absolute atomic E-state index is 13.4. The van der Waals surface area contributed by atoms with Crippen molar-refractivity contribution in [2.75, 3.05) is 50.9 Å². The number of rotatable bonds is 11. The Morgan fingerprint density at radius 1 is 0.975 bits per heavy atom. The highest BCUT2D eigenvalue weighted by molar-refractivity contribution is 7.92. The molecular weight excluding hydrogens is 536 g/mol. The van der Waals surface area contributed by atoms with Crippen LogP contribution in [0.5, 0.6) is 11.5 Å². The van der Waals surface area contributed by atoms with Crippen LogP contribution in [0.2, 0.25) is 0 Å². The Bertz CT molecular complexity index is 1410. The summed E-state index contributed by atoms with van der Waals surface area (Å²) < 4.78 is 43.8. The van der Waals surface area contributed by atoms with Gasteiger partial charge in [-0.05, 0) is 66.2 Å². The first-order valence-corrected chi connectivity index (χ1v) is 13.9. The number of hydrogen-bond donors (Lipinski definition) is 1. The van der Waals surface area contributed by atoms with Crippen molar-refractivity contribution in [3.8, 4) is 11.5 Å². The zero-order valence-corrected chi connectivity index (χ0v) is 22.7. The van der Waals surface area contributed by atoms with Crippen LogP contribution in [0.1, 0.15) is 5.56 Å². The van der Waals surface area contributed by atoms with Crippen molar-refractivity contribution in [1.82, 2.24) is 10.3 Å². The fourth-order valence-corrected chi connectivity index (χ4v) is 5.25. The summed E-state index contributed by atoms with van der Waals surface area (Å²) in [6.07, 6.45) is 1.42. The zero-order valence-electron chi connectivity index (χ0n) is 21.9. The lowest BCUT2D eigenvalue weighted by Gasteiger charge is -2.26. The van der Waals surface area contributed by atoms with Gasteiger partial charge < -0.3 is 19.1 Å². The number of ether oxygens (including phenoxy) is 3. The predicted octanol–water partition coefficient (Wildman–Crippen LogP) is 2.28. The summed E-state index contributed by atoms with van der Waals surface area (Å²) in [7, 11) is -2.57. The Kier molecular flexibility index (Phi) is 9.71. The van der Waals surface area contributed by atoms with Crippen molar-refractivity contribution in [2.45, 2.75) is 4.90 Å². The Balaban J connectivity index is 1.35. The van der Waals surface area contributed by atoms with E-state index >= 15 is 0 Å². The highest BCUT2D eigenvalue weighted by Crippen LogP contribution is 2.24. The second kappa shape index (κ2) is 13.6. The largest absolute Gasteiger partial charge is 0.497 e. The highest BCUT2D eigenvalue weighted by Gasteiger charge is 2.27. The molecule has 0 aliphatic carbocycles. The number of para-hydroxylation sites is 1. The molecule has 0 radical (unpaired) electrons. The molecule has 0 saturated carbocycles. The fraction of sp³-hybridized carbons (Fsp3) is 0.250. The van der Waals surface area contributed by atoms with Crippen molar-refractivity contribution < 1.29 is 32.2 Å². The van der Waals surface area contributed by atoms with Crippen molar-refractivity contribution in [1.29, 1.82) is 0 Å². The van der Waals surface area contributed by atoms with E-state index in [9.17, 15) is 18.0 Å². The molecule has 4 rings (SSSR count). The topological polar surface area (TPSA) is 127 Å². The third-order valence-electron chi connectivity index (χ3n) is 5.99. The molecule has 1 aliphatic rings. The molecule has 1 saturated heterocycles. The third kappa shape index (κ3) is 7.58. The molecule has 1 fully saturated rings. The van der Waals surface area contributed by atoms with Crippen LogP contribution in [0.25, 0.3) is 0 Å². The Labute approximate surface area is 233 Å². The number of carbonyl (C=O) groups is 2. The highest BCUT2D eigenvalue weighted by atomic mass is 32.2. The lowest BCUT2D eigenvalue weighted by molar-refractivity contribution is -0.137. The molecule has 1 aliphatic heterocycles. The number of anilines is 1.